The highest BCUT2D eigenvalue weighted by Crippen LogP contribution is 2.20. The molecule has 0 aliphatic rings. The maximum absolute atomic E-state index is 9.67. The molecule has 0 fully saturated rings. The standard InChI is InChI=1S/C10H15ClN2OS/c1-10(14,7-12)4-5-15-9-3-2-8(11)6-13-9/h2-3,6,14H,4-5,7,12H2,1H3. The Morgan fingerprint density at radius 2 is 2.33 bits per heavy atom. The van der Waals surface area contributed by atoms with Gasteiger partial charge in [0.25, 0.3) is 0 Å². The summed E-state index contributed by atoms with van der Waals surface area (Å²) in [6.45, 7) is 2.02. The first-order chi connectivity index (χ1) is 7.03. The molecule has 0 spiro atoms. The van der Waals surface area contributed by atoms with Crippen LogP contribution < -0.4 is 5.73 Å². The molecule has 0 radical (unpaired) electrons. The molecule has 1 aromatic rings. The van der Waals surface area contributed by atoms with E-state index >= 15 is 0 Å². The van der Waals surface area contributed by atoms with Crippen LogP contribution in [0.1, 0.15) is 13.3 Å². The van der Waals surface area contributed by atoms with Crippen LogP contribution in [0.3, 0.4) is 0 Å². The van der Waals surface area contributed by atoms with Gasteiger partial charge in [-0.25, -0.2) is 4.98 Å². The quantitative estimate of drug-likeness (QED) is 0.780. The van der Waals surface area contributed by atoms with E-state index in [4.69, 9.17) is 17.3 Å². The first kappa shape index (κ1) is 12.8. The Kier molecular flexibility index (Phi) is 4.86. The third kappa shape index (κ3) is 4.84. The highest BCUT2D eigenvalue weighted by atomic mass is 35.5. The second-order valence-corrected chi connectivity index (χ2v) is 5.17. The zero-order valence-electron chi connectivity index (χ0n) is 8.61. The van der Waals surface area contributed by atoms with Crippen molar-refractivity contribution in [3.8, 4) is 0 Å². The lowest BCUT2D eigenvalue weighted by Crippen LogP contribution is -2.34. The summed E-state index contributed by atoms with van der Waals surface area (Å²) in [7, 11) is 0. The molecule has 15 heavy (non-hydrogen) atoms. The van der Waals surface area contributed by atoms with E-state index in [1.807, 2.05) is 6.07 Å². The molecule has 84 valence electrons. The van der Waals surface area contributed by atoms with Crippen molar-refractivity contribution < 1.29 is 5.11 Å². The van der Waals surface area contributed by atoms with Crippen LogP contribution in [0.5, 0.6) is 0 Å². The summed E-state index contributed by atoms with van der Waals surface area (Å²) >= 11 is 7.30. The Hall–Kier alpha value is -0.290. The van der Waals surface area contributed by atoms with Crippen LogP contribution in [0.15, 0.2) is 23.4 Å². The van der Waals surface area contributed by atoms with Crippen molar-refractivity contribution >= 4 is 23.4 Å². The normalized spacial score (nSPS) is 14.9. The van der Waals surface area contributed by atoms with E-state index in [-0.39, 0.29) is 6.54 Å². The summed E-state index contributed by atoms with van der Waals surface area (Å²) in [5, 5.41) is 11.2. The Labute approximate surface area is 99.0 Å². The van der Waals surface area contributed by atoms with Gasteiger partial charge in [-0.1, -0.05) is 11.6 Å². The number of thioether (sulfide) groups is 1. The lowest BCUT2D eigenvalue weighted by molar-refractivity contribution is 0.0665. The van der Waals surface area contributed by atoms with Gasteiger partial charge in [0.05, 0.1) is 15.6 Å². The minimum atomic E-state index is -0.778. The number of pyridine rings is 1. The molecule has 1 atom stereocenters. The Balaban J connectivity index is 2.35. The monoisotopic (exact) mass is 246 g/mol. The van der Waals surface area contributed by atoms with Crippen molar-refractivity contribution in [3.05, 3.63) is 23.4 Å². The molecular weight excluding hydrogens is 232 g/mol. The van der Waals surface area contributed by atoms with Crippen LogP contribution in [0.25, 0.3) is 0 Å². The van der Waals surface area contributed by atoms with Crippen molar-refractivity contribution in [2.75, 3.05) is 12.3 Å². The summed E-state index contributed by atoms with van der Waals surface area (Å²) in [5.41, 5.74) is 4.63. The average molecular weight is 247 g/mol. The minimum Gasteiger partial charge on any atom is -0.389 e. The third-order valence-electron chi connectivity index (χ3n) is 2.03. The van der Waals surface area contributed by atoms with Crippen molar-refractivity contribution in [3.63, 3.8) is 0 Å². The van der Waals surface area contributed by atoms with Gasteiger partial charge >= 0.3 is 0 Å². The van der Waals surface area contributed by atoms with E-state index in [2.05, 4.69) is 4.98 Å². The second kappa shape index (κ2) is 5.70. The fourth-order valence-corrected chi connectivity index (χ4v) is 2.08. The van der Waals surface area contributed by atoms with Gasteiger partial charge in [-0.3, -0.25) is 0 Å². The number of nitrogens with two attached hydrogens (primary N) is 1. The minimum absolute atomic E-state index is 0.279. The molecule has 3 nitrogen and oxygen atoms in total. The van der Waals surface area contributed by atoms with Gasteiger partial charge in [0.2, 0.25) is 0 Å². The molecule has 1 aromatic heterocycles. The van der Waals surface area contributed by atoms with Gasteiger partial charge < -0.3 is 10.8 Å². The lowest BCUT2D eigenvalue weighted by atomic mass is 10.1. The van der Waals surface area contributed by atoms with Crippen molar-refractivity contribution in [1.82, 2.24) is 4.98 Å². The summed E-state index contributed by atoms with van der Waals surface area (Å²) < 4.78 is 0. The van der Waals surface area contributed by atoms with Gasteiger partial charge in [0.1, 0.15) is 0 Å². The van der Waals surface area contributed by atoms with Crippen LogP contribution in [0.2, 0.25) is 5.02 Å². The molecule has 1 heterocycles. The number of rotatable bonds is 5. The first-order valence-electron chi connectivity index (χ1n) is 4.70. The highest BCUT2D eigenvalue weighted by molar-refractivity contribution is 7.99. The predicted molar refractivity (Wildman–Crippen MR) is 64.3 cm³/mol. The number of nitrogens with zero attached hydrogens (tertiary/aromatic N) is 1. The van der Waals surface area contributed by atoms with E-state index < -0.39 is 5.60 Å². The van der Waals surface area contributed by atoms with Gasteiger partial charge in [0, 0.05) is 18.5 Å². The second-order valence-electron chi connectivity index (χ2n) is 3.61. The van der Waals surface area contributed by atoms with Crippen LogP contribution >= 0.6 is 23.4 Å². The zero-order valence-corrected chi connectivity index (χ0v) is 10.2. The molecule has 0 bridgehead atoms. The molecular formula is C10H15ClN2OS. The Bertz CT molecular complexity index is 303. The molecule has 5 heteroatoms. The highest BCUT2D eigenvalue weighted by Gasteiger charge is 2.17. The van der Waals surface area contributed by atoms with E-state index in [1.165, 1.54) is 0 Å². The lowest BCUT2D eigenvalue weighted by Gasteiger charge is -2.20. The van der Waals surface area contributed by atoms with Crippen molar-refractivity contribution in [2.45, 2.75) is 24.0 Å². The summed E-state index contributed by atoms with van der Waals surface area (Å²) in [4.78, 5) is 4.14. The maximum atomic E-state index is 9.67. The number of hydrogen-bond acceptors (Lipinski definition) is 4. The topological polar surface area (TPSA) is 59.1 Å². The molecule has 0 amide bonds. The van der Waals surface area contributed by atoms with Crippen molar-refractivity contribution in [2.24, 2.45) is 5.73 Å². The molecule has 0 aliphatic heterocycles. The predicted octanol–water partition coefficient (Wildman–Crippen LogP) is 1.93. The van der Waals surface area contributed by atoms with Crippen molar-refractivity contribution in [1.29, 1.82) is 0 Å². The van der Waals surface area contributed by atoms with Crippen LogP contribution in [0, 0.1) is 0 Å². The molecule has 3 N–H and O–H groups in total. The van der Waals surface area contributed by atoms with Gasteiger partial charge in [-0.15, -0.1) is 11.8 Å². The largest absolute Gasteiger partial charge is 0.389 e. The Morgan fingerprint density at radius 1 is 1.60 bits per heavy atom. The van der Waals surface area contributed by atoms with Gasteiger partial charge in [-0.05, 0) is 25.5 Å². The first-order valence-corrected chi connectivity index (χ1v) is 6.07. The fraction of sp³-hybridized carbons (Fsp3) is 0.500. The molecule has 0 saturated heterocycles. The number of aliphatic hydroxyl groups is 1. The summed E-state index contributed by atoms with van der Waals surface area (Å²) in [5.74, 6) is 0.791. The molecule has 0 saturated carbocycles. The summed E-state index contributed by atoms with van der Waals surface area (Å²) in [6.07, 6.45) is 2.27. The van der Waals surface area contributed by atoms with E-state index in [0.717, 1.165) is 10.8 Å². The smallest absolute Gasteiger partial charge is 0.0960 e. The van der Waals surface area contributed by atoms with E-state index in [0.29, 0.717) is 11.4 Å². The van der Waals surface area contributed by atoms with Crippen LogP contribution in [0.4, 0.5) is 0 Å². The third-order valence-corrected chi connectivity index (χ3v) is 3.20. The molecule has 1 unspecified atom stereocenters. The van der Waals surface area contributed by atoms with Crippen LogP contribution in [-0.2, 0) is 0 Å². The fourth-order valence-electron chi connectivity index (χ4n) is 0.925. The van der Waals surface area contributed by atoms with E-state index in [9.17, 15) is 5.11 Å². The SMILES string of the molecule is CC(O)(CN)CCSc1ccc(Cl)cn1. The average Bonchev–Trinajstić information content (AvgIpc) is 2.21. The van der Waals surface area contributed by atoms with Crippen LogP contribution in [-0.4, -0.2) is 28.0 Å². The summed E-state index contributed by atoms with van der Waals surface area (Å²) in [6, 6.07) is 3.67. The molecule has 1 rings (SSSR count). The number of aromatic nitrogens is 1. The van der Waals surface area contributed by atoms with E-state index in [1.54, 1.807) is 30.9 Å². The van der Waals surface area contributed by atoms with Gasteiger partial charge in [-0.2, -0.15) is 0 Å². The zero-order chi connectivity index (χ0) is 11.3. The molecule has 0 aromatic carbocycles. The number of halogens is 1. The molecule has 0 aliphatic carbocycles. The van der Waals surface area contributed by atoms with Gasteiger partial charge in [0.15, 0.2) is 0 Å². The Morgan fingerprint density at radius 3 is 2.87 bits per heavy atom. The maximum Gasteiger partial charge on any atom is 0.0960 e. The number of hydrogen-bond donors (Lipinski definition) is 2.